The van der Waals surface area contributed by atoms with Crippen LogP contribution in [0.1, 0.15) is 6.42 Å². The van der Waals surface area contributed by atoms with Gasteiger partial charge in [0.15, 0.2) is 0 Å². The molecule has 1 aliphatic heterocycles. The first kappa shape index (κ1) is 6.01. The van der Waals surface area contributed by atoms with Crippen LogP contribution in [0.25, 0.3) is 0 Å². The van der Waals surface area contributed by atoms with Gasteiger partial charge in [0.2, 0.25) is 0 Å². The summed E-state index contributed by atoms with van der Waals surface area (Å²) in [5.41, 5.74) is 0.667. The summed E-state index contributed by atoms with van der Waals surface area (Å²) in [6.07, 6.45) is 0.616. The van der Waals surface area contributed by atoms with E-state index in [1.165, 1.54) is 0 Å². The lowest BCUT2D eigenvalue weighted by molar-refractivity contribution is -0.117. The molecule has 1 aliphatic rings. The predicted molar refractivity (Wildman–Crippen MR) is 34.5 cm³/mol. The van der Waals surface area contributed by atoms with E-state index >= 15 is 0 Å². The molecule has 2 N–H and O–H groups in total. The molecule has 0 saturated carbocycles. The number of hydrogen-bond donors (Lipinski definition) is 2. The molecule has 1 amide bonds. The van der Waals surface area contributed by atoms with Gasteiger partial charge in [-0.05, 0) is 0 Å². The van der Waals surface area contributed by atoms with Crippen molar-refractivity contribution in [3.63, 3.8) is 0 Å². The van der Waals surface area contributed by atoms with Crippen molar-refractivity contribution in [1.82, 2.24) is 5.32 Å². The maximum Gasteiger partial charge on any atom is 0.252 e. The second kappa shape index (κ2) is 2.01. The molecule has 0 radical (unpaired) electrons. The van der Waals surface area contributed by atoms with E-state index < -0.39 is 0 Å². The highest BCUT2D eigenvalue weighted by molar-refractivity contribution is 6.21. The van der Waals surface area contributed by atoms with Gasteiger partial charge in [-0.1, -0.05) is 6.58 Å². The molecule has 0 atom stereocenters. The summed E-state index contributed by atoms with van der Waals surface area (Å²) in [6.45, 7) is 4.02. The number of carbonyl (C=O) groups excluding carboxylic acids is 1. The first-order valence-electron chi connectivity index (χ1n) is 2.76. The van der Waals surface area contributed by atoms with Crippen molar-refractivity contribution in [2.45, 2.75) is 6.42 Å². The van der Waals surface area contributed by atoms with E-state index in [9.17, 15) is 4.79 Å². The third kappa shape index (κ3) is 0.988. The van der Waals surface area contributed by atoms with E-state index in [2.05, 4.69) is 11.9 Å². The van der Waals surface area contributed by atoms with E-state index in [0.717, 1.165) is 0 Å². The van der Waals surface area contributed by atoms with Crippen molar-refractivity contribution in [2.24, 2.45) is 0 Å². The van der Waals surface area contributed by atoms with Crippen LogP contribution in [0.5, 0.6) is 0 Å². The predicted octanol–water partition coefficient (Wildman–Crippen LogP) is 0.0823. The number of rotatable bonds is 0. The molecule has 1 rings (SSSR count). The average molecular weight is 124 g/mol. The molecule has 9 heavy (non-hydrogen) atoms. The Morgan fingerprint density at radius 3 is 2.78 bits per heavy atom. The zero-order chi connectivity index (χ0) is 6.85. The Kier molecular flexibility index (Phi) is 1.34. The van der Waals surface area contributed by atoms with Gasteiger partial charge in [-0.25, -0.2) is 0 Å². The lowest BCUT2D eigenvalue weighted by Crippen LogP contribution is -2.35. The Hall–Kier alpha value is -1.12. The molecule has 1 saturated heterocycles. The quantitative estimate of drug-likeness (QED) is 0.441. The standard InChI is InChI=1S/C6H8N2O/c1-4-5(7)2-3-8-6(4)9/h7H,1-3H2,(H,8,9). The molecular formula is C6H8N2O. The molecule has 0 spiro atoms. The van der Waals surface area contributed by atoms with Crippen LogP contribution in [-0.2, 0) is 4.79 Å². The van der Waals surface area contributed by atoms with Gasteiger partial charge in [-0.2, -0.15) is 0 Å². The van der Waals surface area contributed by atoms with Crippen LogP contribution < -0.4 is 5.32 Å². The van der Waals surface area contributed by atoms with Crippen LogP contribution in [0.15, 0.2) is 12.2 Å². The Morgan fingerprint density at radius 2 is 2.33 bits per heavy atom. The van der Waals surface area contributed by atoms with Crippen LogP contribution in [0.4, 0.5) is 0 Å². The van der Waals surface area contributed by atoms with Gasteiger partial charge in [0.25, 0.3) is 5.91 Å². The summed E-state index contributed by atoms with van der Waals surface area (Å²) < 4.78 is 0. The monoisotopic (exact) mass is 124 g/mol. The molecular weight excluding hydrogens is 116 g/mol. The van der Waals surface area contributed by atoms with Crippen molar-refractivity contribution in [3.8, 4) is 0 Å². The number of amides is 1. The van der Waals surface area contributed by atoms with Crippen molar-refractivity contribution in [3.05, 3.63) is 12.2 Å². The highest BCUT2D eigenvalue weighted by Crippen LogP contribution is 2.01. The third-order valence-corrected chi connectivity index (χ3v) is 1.30. The van der Waals surface area contributed by atoms with Gasteiger partial charge in [0.1, 0.15) is 0 Å². The van der Waals surface area contributed by atoms with Gasteiger partial charge in [-0.3, -0.25) is 4.79 Å². The molecule has 0 unspecified atom stereocenters. The van der Waals surface area contributed by atoms with Crippen LogP contribution in [0.2, 0.25) is 0 Å². The van der Waals surface area contributed by atoms with Gasteiger partial charge in [-0.15, -0.1) is 0 Å². The van der Waals surface area contributed by atoms with Crippen LogP contribution in [0, 0.1) is 5.41 Å². The largest absolute Gasteiger partial charge is 0.352 e. The fourth-order valence-electron chi connectivity index (χ4n) is 0.696. The molecule has 0 aromatic rings. The zero-order valence-electron chi connectivity index (χ0n) is 5.03. The summed E-state index contributed by atoms with van der Waals surface area (Å²) >= 11 is 0. The van der Waals surface area contributed by atoms with E-state index in [0.29, 0.717) is 24.3 Å². The second-order valence-corrected chi connectivity index (χ2v) is 1.96. The van der Waals surface area contributed by atoms with E-state index in [-0.39, 0.29) is 5.91 Å². The molecule has 1 heterocycles. The van der Waals surface area contributed by atoms with Gasteiger partial charge < -0.3 is 10.7 Å². The fourth-order valence-corrected chi connectivity index (χ4v) is 0.696. The van der Waals surface area contributed by atoms with E-state index in [4.69, 9.17) is 5.41 Å². The Morgan fingerprint density at radius 1 is 1.67 bits per heavy atom. The zero-order valence-corrected chi connectivity index (χ0v) is 5.03. The van der Waals surface area contributed by atoms with Crippen molar-refractivity contribution in [1.29, 1.82) is 5.41 Å². The Labute approximate surface area is 53.3 Å². The summed E-state index contributed by atoms with van der Waals surface area (Å²) in [5.74, 6) is -0.203. The number of piperidine rings is 1. The number of hydrogen-bond acceptors (Lipinski definition) is 2. The van der Waals surface area contributed by atoms with Crippen LogP contribution in [0.3, 0.4) is 0 Å². The van der Waals surface area contributed by atoms with Crippen LogP contribution in [-0.4, -0.2) is 18.2 Å². The SMILES string of the molecule is C=C1C(=N)CCNC1=O. The second-order valence-electron chi connectivity index (χ2n) is 1.96. The minimum atomic E-state index is -0.203. The molecule has 3 nitrogen and oxygen atoms in total. The molecule has 1 fully saturated rings. The summed E-state index contributed by atoms with van der Waals surface area (Å²) in [5, 5.41) is 9.75. The maximum absolute atomic E-state index is 10.7. The van der Waals surface area contributed by atoms with E-state index in [1.807, 2.05) is 0 Å². The summed E-state index contributed by atoms with van der Waals surface area (Å²) in [6, 6.07) is 0. The summed E-state index contributed by atoms with van der Waals surface area (Å²) in [4.78, 5) is 10.7. The first-order chi connectivity index (χ1) is 4.22. The molecule has 0 bridgehead atoms. The molecule has 0 aliphatic carbocycles. The normalized spacial score (nSPS) is 19.8. The van der Waals surface area contributed by atoms with Crippen molar-refractivity contribution in [2.75, 3.05) is 6.54 Å². The summed E-state index contributed by atoms with van der Waals surface area (Å²) in [7, 11) is 0. The molecule has 3 heteroatoms. The third-order valence-electron chi connectivity index (χ3n) is 1.30. The topological polar surface area (TPSA) is 53.0 Å². The molecule has 0 aromatic carbocycles. The van der Waals surface area contributed by atoms with Crippen molar-refractivity contribution < 1.29 is 4.79 Å². The maximum atomic E-state index is 10.7. The minimum Gasteiger partial charge on any atom is -0.352 e. The van der Waals surface area contributed by atoms with Gasteiger partial charge in [0, 0.05) is 18.7 Å². The number of carbonyl (C=O) groups is 1. The fraction of sp³-hybridized carbons (Fsp3) is 0.333. The average Bonchev–Trinajstić information content (AvgIpc) is 1.83. The highest BCUT2D eigenvalue weighted by Gasteiger charge is 2.16. The van der Waals surface area contributed by atoms with Gasteiger partial charge >= 0.3 is 0 Å². The molecule has 0 aromatic heterocycles. The number of nitrogens with one attached hydrogen (secondary N) is 2. The van der Waals surface area contributed by atoms with E-state index in [1.54, 1.807) is 0 Å². The minimum absolute atomic E-state index is 0.203. The van der Waals surface area contributed by atoms with Crippen LogP contribution >= 0.6 is 0 Å². The van der Waals surface area contributed by atoms with Gasteiger partial charge in [0.05, 0.1) is 5.57 Å². The lowest BCUT2D eigenvalue weighted by atomic mass is 10.1. The van der Waals surface area contributed by atoms with Crippen molar-refractivity contribution >= 4 is 11.6 Å². The Balaban J connectivity index is 2.74. The lowest BCUT2D eigenvalue weighted by Gasteiger charge is -2.13. The highest BCUT2D eigenvalue weighted by atomic mass is 16.1. The smallest absolute Gasteiger partial charge is 0.252 e. The Bertz CT molecular complexity index is 165. The molecule has 48 valence electrons. The first-order valence-corrected chi connectivity index (χ1v) is 2.76.